The average Bonchev–Trinajstić information content (AvgIpc) is 2.96. The van der Waals surface area contributed by atoms with Crippen LogP contribution >= 0.6 is 0 Å². The van der Waals surface area contributed by atoms with E-state index < -0.39 is 5.60 Å². The quantitative estimate of drug-likeness (QED) is 0.314. The van der Waals surface area contributed by atoms with Gasteiger partial charge in [-0.3, -0.25) is 0 Å². The van der Waals surface area contributed by atoms with E-state index in [4.69, 9.17) is 4.74 Å². The molecule has 0 atom stereocenters. The first kappa shape index (κ1) is 21.1. The second-order valence-electron chi connectivity index (χ2n) is 8.75. The number of hydrogen-bond acceptors (Lipinski definition) is 2. The smallest absolute Gasteiger partial charge is 0.331 e. The van der Waals surface area contributed by atoms with Crippen molar-refractivity contribution in [3.63, 3.8) is 0 Å². The van der Waals surface area contributed by atoms with Crippen molar-refractivity contribution in [3.05, 3.63) is 82.9 Å². The molecule has 0 N–H and O–H groups in total. The molecule has 0 aliphatic heterocycles. The minimum absolute atomic E-state index is 0.313. The monoisotopic (exact) mass is 388 g/mol. The maximum Gasteiger partial charge on any atom is 0.331 e. The molecule has 0 unspecified atom stereocenters. The highest BCUT2D eigenvalue weighted by molar-refractivity contribution is 5.87. The van der Waals surface area contributed by atoms with E-state index >= 15 is 0 Å². The largest absolute Gasteiger partial charge is 0.457 e. The number of carbonyl (C=O) groups is 1. The molecule has 0 spiro atoms. The number of hydrogen-bond donors (Lipinski definition) is 0. The summed E-state index contributed by atoms with van der Waals surface area (Å²) in [5.74, 6) is -0.313. The van der Waals surface area contributed by atoms with Crippen molar-refractivity contribution >= 4 is 17.6 Å². The van der Waals surface area contributed by atoms with Gasteiger partial charge in [0.15, 0.2) is 0 Å². The van der Waals surface area contributed by atoms with Crippen molar-refractivity contribution in [2.45, 2.75) is 64.9 Å². The molecule has 3 rings (SSSR count). The zero-order chi connectivity index (χ0) is 20.7. The van der Waals surface area contributed by atoms with Crippen LogP contribution in [0.1, 0.15) is 76.0 Å². The van der Waals surface area contributed by atoms with Gasteiger partial charge in [0.05, 0.1) is 0 Å². The molecular formula is C27H32O2. The summed E-state index contributed by atoms with van der Waals surface area (Å²) in [5.41, 5.74) is 6.03. The number of ether oxygens (including phenoxy) is 1. The van der Waals surface area contributed by atoms with Crippen LogP contribution in [0.25, 0.3) is 11.6 Å². The van der Waals surface area contributed by atoms with Crippen LogP contribution in [-0.4, -0.2) is 11.6 Å². The molecule has 0 amide bonds. The van der Waals surface area contributed by atoms with Crippen molar-refractivity contribution in [3.8, 4) is 0 Å². The van der Waals surface area contributed by atoms with E-state index in [-0.39, 0.29) is 5.97 Å². The molecular weight excluding hydrogens is 356 g/mol. The lowest BCUT2D eigenvalue weighted by Gasteiger charge is -2.18. The normalized spacial score (nSPS) is 15.2. The highest BCUT2D eigenvalue weighted by Gasteiger charge is 2.15. The molecule has 2 aromatic rings. The fourth-order valence-corrected chi connectivity index (χ4v) is 3.85. The topological polar surface area (TPSA) is 26.3 Å². The van der Waals surface area contributed by atoms with E-state index in [0.29, 0.717) is 0 Å². The summed E-state index contributed by atoms with van der Waals surface area (Å²) in [7, 11) is 0. The second-order valence-corrected chi connectivity index (χ2v) is 8.75. The summed E-state index contributed by atoms with van der Waals surface area (Å²) in [4.78, 5) is 11.9. The van der Waals surface area contributed by atoms with E-state index in [1.807, 2.05) is 26.8 Å². The summed E-state index contributed by atoms with van der Waals surface area (Å²) in [5, 5.41) is 0. The van der Waals surface area contributed by atoms with Crippen molar-refractivity contribution in [1.29, 1.82) is 0 Å². The van der Waals surface area contributed by atoms with Crippen LogP contribution in [-0.2, 0) is 9.53 Å². The maximum atomic E-state index is 11.9. The lowest BCUT2D eigenvalue weighted by Crippen LogP contribution is -2.22. The molecule has 2 aromatic carbocycles. The molecule has 0 saturated heterocycles. The SMILES string of the molecule is CC(C)(C)OC(=O)C=Cc1ccc(C(=C2CCCCCC2)c2ccccc2)cc1. The molecule has 2 nitrogen and oxygen atoms in total. The summed E-state index contributed by atoms with van der Waals surface area (Å²) >= 11 is 0. The van der Waals surface area contributed by atoms with Crippen molar-refractivity contribution in [2.24, 2.45) is 0 Å². The predicted octanol–water partition coefficient (Wildman–Crippen LogP) is 7.20. The summed E-state index contributed by atoms with van der Waals surface area (Å²) in [6, 6.07) is 19.2. The highest BCUT2D eigenvalue weighted by Crippen LogP contribution is 2.34. The van der Waals surface area contributed by atoms with E-state index in [9.17, 15) is 4.79 Å². The van der Waals surface area contributed by atoms with Crippen molar-refractivity contribution < 1.29 is 9.53 Å². The third kappa shape index (κ3) is 6.45. The van der Waals surface area contributed by atoms with E-state index in [0.717, 1.165) is 5.56 Å². The number of carbonyl (C=O) groups excluding carboxylic acids is 1. The number of rotatable bonds is 4. The zero-order valence-electron chi connectivity index (χ0n) is 17.9. The van der Waals surface area contributed by atoms with Gasteiger partial charge in [0.2, 0.25) is 0 Å². The first-order chi connectivity index (χ1) is 13.9. The van der Waals surface area contributed by atoms with Crippen LogP contribution in [0.15, 0.2) is 66.2 Å². The molecule has 29 heavy (non-hydrogen) atoms. The van der Waals surface area contributed by atoms with Crippen LogP contribution in [0.4, 0.5) is 0 Å². The zero-order valence-corrected chi connectivity index (χ0v) is 17.9. The van der Waals surface area contributed by atoms with Gasteiger partial charge in [-0.05, 0) is 74.8 Å². The Morgan fingerprint density at radius 3 is 2.00 bits per heavy atom. The molecule has 1 aliphatic carbocycles. The molecule has 1 saturated carbocycles. The molecule has 0 heterocycles. The first-order valence-electron chi connectivity index (χ1n) is 10.7. The minimum Gasteiger partial charge on any atom is -0.457 e. The number of esters is 1. The van der Waals surface area contributed by atoms with Crippen LogP contribution < -0.4 is 0 Å². The lowest BCUT2D eigenvalue weighted by molar-refractivity contribution is -0.148. The Kier molecular flexibility index (Phi) is 7.09. The van der Waals surface area contributed by atoms with Gasteiger partial charge in [0.1, 0.15) is 5.60 Å². The highest BCUT2D eigenvalue weighted by atomic mass is 16.6. The maximum absolute atomic E-state index is 11.9. The predicted molar refractivity (Wildman–Crippen MR) is 121 cm³/mol. The molecule has 152 valence electrons. The Hall–Kier alpha value is -2.61. The van der Waals surface area contributed by atoms with Gasteiger partial charge in [-0.15, -0.1) is 0 Å². The van der Waals surface area contributed by atoms with E-state index in [2.05, 4.69) is 54.6 Å². The van der Waals surface area contributed by atoms with Gasteiger partial charge in [0, 0.05) is 6.08 Å². The third-order valence-electron chi connectivity index (χ3n) is 5.14. The van der Waals surface area contributed by atoms with Gasteiger partial charge < -0.3 is 4.74 Å². The van der Waals surface area contributed by atoms with Gasteiger partial charge >= 0.3 is 5.97 Å². The fourth-order valence-electron chi connectivity index (χ4n) is 3.85. The Labute approximate surface area is 175 Å². The average molecular weight is 389 g/mol. The second kappa shape index (κ2) is 9.73. The Bertz CT molecular complexity index is 855. The Balaban J connectivity index is 1.86. The Morgan fingerprint density at radius 2 is 1.41 bits per heavy atom. The third-order valence-corrected chi connectivity index (χ3v) is 5.14. The number of benzene rings is 2. The molecule has 0 bridgehead atoms. The summed E-state index contributed by atoms with van der Waals surface area (Å²) < 4.78 is 5.34. The van der Waals surface area contributed by atoms with E-state index in [1.165, 1.54) is 61.3 Å². The van der Waals surface area contributed by atoms with Gasteiger partial charge in [0.25, 0.3) is 0 Å². The molecule has 2 heteroatoms. The lowest BCUT2D eigenvalue weighted by atomic mass is 9.89. The van der Waals surface area contributed by atoms with Crippen LogP contribution in [0.5, 0.6) is 0 Å². The minimum atomic E-state index is -0.471. The van der Waals surface area contributed by atoms with Gasteiger partial charge in [-0.2, -0.15) is 0 Å². The molecule has 0 radical (unpaired) electrons. The van der Waals surface area contributed by atoms with Gasteiger partial charge in [-0.1, -0.05) is 73.0 Å². The molecule has 1 fully saturated rings. The Morgan fingerprint density at radius 1 is 0.828 bits per heavy atom. The summed E-state index contributed by atoms with van der Waals surface area (Å²) in [6.45, 7) is 5.62. The van der Waals surface area contributed by atoms with E-state index in [1.54, 1.807) is 5.57 Å². The van der Waals surface area contributed by atoms with Crippen LogP contribution in [0, 0.1) is 0 Å². The van der Waals surface area contributed by atoms with Crippen LogP contribution in [0.2, 0.25) is 0 Å². The number of allylic oxidation sites excluding steroid dienone is 1. The standard InChI is InChI=1S/C27H32O2/c1-27(2,3)29-25(28)20-17-21-15-18-24(19-16-21)26(23-13-9-6-10-14-23)22-11-7-4-5-8-12-22/h6,9-10,13-20H,4-5,7-8,11-12H2,1-3H3. The van der Waals surface area contributed by atoms with Crippen molar-refractivity contribution in [2.75, 3.05) is 0 Å². The molecule has 1 aliphatic rings. The van der Waals surface area contributed by atoms with Crippen LogP contribution in [0.3, 0.4) is 0 Å². The fraction of sp³-hybridized carbons (Fsp3) is 0.370. The molecule has 0 aromatic heterocycles. The van der Waals surface area contributed by atoms with Crippen molar-refractivity contribution in [1.82, 2.24) is 0 Å². The summed E-state index contributed by atoms with van der Waals surface area (Å²) in [6.07, 6.45) is 10.9. The van der Waals surface area contributed by atoms with Gasteiger partial charge in [-0.25, -0.2) is 4.79 Å². The first-order valence-corrected chi connectivity index (χ1v) is 10.7.